The van der Waals surface area contributed by atoms with Crippen LogP contribution in [-0.4, -0.2) is 16.7 Å². The predicted molar refractivity (Wildman–Crippen MR) is 109 cm³/mol. The Morgan fingerprint density at radius 1 is 0.815 bits per heavy atom. The van der Waals surface area contributed by atoms with E-state index in [0.29, 0.717) is 0 Å². The van der Waals surface area contributed by atoms with Crippen LogP contribution in [-0.2, 0) is 4.79 Å². The number of carbonyl (C=O) groups is 1. The van der Waals surface area contributed by atoms with Crippen molar-refractivity contribution in [2.24, 2.45) is 0 Å². The highest BCUT2D eigenvalue weighted by Crippen LogP contribution is 2.52. The molecule has 3 atom stereocenters. The number of hydrogen-bond acceptors (Lipinski definition) is 2. The molecule has 0 amide bonds. The van der Waals surface area contributed by atoms with E-state index < -0.39 is 0 Å². The van der Waals surface area contributed by atoms with Crippen molar-refractivity contribution in [1.82, 2.24) is 4.90 Å². The van der Waals surface area contributed by atoms with Crippen LogP contribution in [0.15, 0.2) is 103 Å². The molecule has 3 aromatic carbocycles. The third-order valence-corrected chi connectivity index (χ3v) is 5.14. The lowest BCUT2D eigenvalue weighted by Crippen LogP contribution is -2.17. The second-order valence-corrected chi connectivity index (χ2v) is 6.87. The lowest BCUT2D eigenvalue weighted by Gasteiger charge is -2.21. The second kappa shape index (κ2) is 7.73. The van der Waals surface area contributed by atoms with Crippen LogP contribution in [0.1, 0.15) is 35.7 Å². The minimum absolute atomic E-state index is 0.0526. The normalized spacial score (nSPS) is 21.5. The van der Waals surface area contributed by atoms with E-state index in [0.717, 1.165) is 0 Å². The first-order valence-corrected chi connectivity index (χ1v) is 9.40. The second-order valence-electron chi connectivity index (χ2n) is 6.87. The molecule has 2 nitrogen and oxygen atoms in total. The van der Waals surface area contributed by atoms with Gasteiger partial charge in [0, 0.05) is 0 Å². The maximum Gasteiger partial charge on any atom is 0.174 e. The van der Waals surface area contributed by atoms with Gasteiger partial charge in [-0.3, -0.25) is 9.69 Å². The van der Waals surface area contributed by atoms with Crippen LogP contribution in [0, 0.1) is 0 Å². The first kappa shape index (κ1) is 17.4. The Bertz CT molecular complexity index is 879. The average molecular weight is 353 g/mol. The number of carbonyl (C=O) groups excluding carboxylic acids is 1. The highest BCUT2D eigenvalue weighted by molar-refractivity contribution is 5.97. The molecular weight excluding hydrogens is 330 g/mol. The molecular formula is C25H23NO. The number of nitrogens with zero attached hydrogens (tertiary/aromatic N) is 1. The third-order valence-electron chi connectivity index (χ3n) is 5.14. The van der Waals surface area contributed by atoms with Crippen molar-refractivity contribution in [3.63, 3.8) is 0 Å². The van der Waals surface area contributed by atoms with Gasteiger partial charge in [0.2, 0.25) is 0 Å². The molecule has 2 heteroatoms. The molecule has 0 saturated carbocycles. The monoisotopic (exact) mass is 353 g/mol. The molecule has 3 aromatic rings. The maximum atomic E-state index is 12.8. The fourth-order valence-corrected chi connectivity index (χ4v) is 3.95. The molecule has 0 radical (unpaired) electrons. The molecule has 134 valence electrons. The summed E-state index contributed by atoms with van der Waals surface area (Å²) in [6.07, 6.45) is 3.54. The van der Waals surface area contributed by atoms with E-state index in [-0.39, 0.29) is 23.9 Å². The van der Waals surface area contributed by atoms with Crippen LogP contribution in [0.25, 0.3) is 0 Å². The van der Waals surface area contributed by atoms with Crippen molar-refractivity contribution in [3.8, 4) is 0 Å². The Kier molecular flexibility index (Phi) is 4.99. The number of ketones is 1. The van der Waals surface area contributed by atoms with E-state index in [1.54, 1.807) is 6.08 Å². The fourth-order valence-electron chi connectivity index (χ4n) is 3.95. The standard InChI is InChI=1S/C25H23NO/c1-2-12-22(27)25-24(21-17-10-5-11-18-21)26(25)23(19-13-6-3-7-14-19)20-15-8-4-9-16-20/h2-18,23-25H,1H3/b12-2+/t24-,25+,26?/m1/s1. The zero-order valence-corrected chi connectivity index (χ0v) is 15.4. The molecule has 1 saturated heterocycles. The van der Waals surface area contributed by atoms with Crippen LogP contribution < -0.4 is 0 Å². The van der Waals surface area contributed by atoms with Gasteiger partial charge in [0.15, 0.2) is 5.78 Å². The summed E-state index contributed by atoms with van der Waals surface area (Å²) >= 11 is 0. The summed E-state index contributed by atoms with van der Waals surface area (Å²) in [5, 5.41) is 0. The molecule has 0 aromatic heterocycles. The summed E-state index contributed by atoms with van der Waals surface area (Å²) in [6, 6.07) is 31.3. The lowest BCUT2D eigenvalue weighted by atomic mass is 9.98. The largest absolute Gasteiger partial charge is 0.293 e. The molecule has 0 N–H and O–H groups in total. The number of rotatable bonds is 6. The fraction of sp³-hybridized carbons (Fsp3) is 0.160. The smallest absolute Gasteiger partial charge is 0.174 e. The van der Waals surface area contributed by atoms with E-state index in [1.807, 2.05) is 43.3 Å². The summed E-state index contributed by atoms with van der Waals surface area (Å²) < 4.78 is 0. The van der Waals surface area contributed by atoms with Crippen molar-refractivity contribution >= 4 is 5.78 Å². The molecule has 1 fully saturated rings. The molecule has 0 bridgehead atoms. The number of hydrogen-bond donors (Lipinski definition) is 0. The molecule has 0 spiro atoms. The van der Waals surface area contributed by atoms with Crippen LogP contribution in [0.4, 0.5) is 0 Å². The van der Waals surface area contributed by atoms with Crippen molar-refractivity contribution < 1.29 is 4.79 Å². The van der Waals surface area contributed by atoms with Crippen LogP contribution in [0.5, 0.6) is 0 Å². The quantitative estimate of drug-likeness (QED) is 0.440. The van der Waals surface area contributed by atoms with Gasteiger partial charge >= 0.3 is 0 Å². The Morgan fingerprint density at radius 3 is 1.78 bits per heavy atom. The van der Waals surface area contributed by atoms with E-state index in [2.05, 4.69) is 65.6 Å². The Hall–Kier alpha value is -2.97. The van der Waals surface area contributed by atoms with Crippen molar-refractivity contribution in [1.29, 1.82) is 0 Å². The molecule has 1 aliphatic heterocycles. The van der Waals surface area contributed by atoms with Gasteiger partial charge in [-0.15, -0.1) is 0 Å². The van der Waals surface area contributed by atoms with Gasteiger partial charge in [-0.05, 0) is 29.7 Å². The van der Waals surface area contributed by atoms with Gasteiger partial charge in [0.1, 0.15) is 0 Å². The molecule has 1 heterocycles. The van der Waals surface area contributed by atoms with E-state index in [1.165, 1.54) is 16.7 Å². The molecule has 27 heavy (non-hydrogen) atoms. The van der Waals surface area contributed by atoms with Gasteiger partial charge in [0.25, 0.3) is 0 Å². The van der Waals surface area contributed by atoms with Gasteiger partial charge in [-0.1, -0.05) is 97.1 Å². The third kappa shape index (κ3) is 3.49. The molecule has 4 rings (SSSR count). The summed E-state index contributed by atoms with van der Waals surface area (Å²) in [6.45, 7) is 1.90. The Labute approximate surface area is 160 Å². The summed E-state index contributed by atoms with van der Waals surface area (Å²) in [7, 11) is 0. The van der Waals surface area contributed by atoms with E-state index >= 15 is 0 Å². The summed E-state index contributed by atoms with van der Waals surface area (Å²) in [5.41, 5.74) is 3.61. The highest BCUT2D eigenvalue weighted by Gasteiger charge is 2.55. The van der Waals surface area contributed by atoms with E-state index in [9.17, 15) is 4.79 Å². The van der Waals surface area contributed by atoms with Crippen molar-refractivity contribution in [2.75, 3.05) is 0 Å². The van der Waals surface area contributed by atoms with Gasteiger partial charge in [-0.25, -0.2) is 0 Å². The minimum atomic E-state index is -0.131. The van der Waals surface area contributed by atoms with Gasteiger partial charge in [0.05, 0.1) is 18.1 Å². The van der Waals surface area contributed by atoms with Gasteiger partial charge in [-0.2, -0.15) is 0 Å². The van der Waals surface area contributed by atoms with Crippen LogP contribution in [0.3, 0.4) is 0 Å². The first-order valence-electron chi connectivity index (χ1n) is 9.40. The predicted octanol–water partition coefficient (Wildman–Crippen LogP) is 5.35. The van der Waals surface area contributed by atoms with Crippen molar-refractivity contribution in [3.05, 3.63) is 120 Å². The zero-order valence-electron chi connectivity index (χ0n) is 15.4. The molecule has 0 aliphatic carbocycles. The molecule has 1 unspecified atom stereocenters. The Balaban J connectivity index is 1.79. The zero-order chi connectivity index (χ0) is 18.6. The SMILES string of the molecule is C/C=C/C(=O)[C@H]1[C@@H](c2ccccc2)N1C(c1ccccc1)c1ccccc1. The lowest BCUT2D eigenvalue weighted by molar-refractivity contribution is -0.115. The average Bonchev–Trinajstić information content (AvgIpc) is 3.46. The molecule has 1 aliphatic rings. The maximum absolute atomic E-state index is 12.8. The Morgan fingerprint density at radius 2 is 1.30 bits per heavy atom. The summed E-state index contributed by atoms with van der Waals surface area (Å²) in [4.78, 5) is 15.2. The summed E-state index contributed by atoms with van der Waals surface area (Å²) in [5.74, 6) is 0.170. The number of allylic oxidation sites excluding steroid dienone is 1. The topological polar surface area (TPSA) is 20.1 Å². The number of benzene rings is 3. The van der Waals surface area contributed by atoms with Gasteiger partial charge < -0.3 is 0 Å². The van der Waals surface area contributed by atoms with E-state index in [4.69, 9.17) is 0 Å². The van der Waals surface area contributed by atoms with Crippen LogP contribution >= 0.6 is 0 Å². The first-order chi connectivity index (χ1) is 13.3. The van der Waals surface area contributed by atoms with Crippen LogP contribution in [0.2, 0.25) is 0 Å². The van der Waals surface area contributed by atoms with Crippen molar-refractivity contribution in [2.45, 2.75) is 25.0 Å². The highest BCUT2D eigenvalue weighted by atomic mass is 16.1. The minimum Gasteiger partial charge on any atom is -0.293 e.